The predicted octanol–water partition coefficient (Wildman–Crippen LogP) is 3.58. The molecule has 1 fully saturated rings. The number of nitrogens with one attached hydrogen (secondary N) is 2. The molecule has 2 unspecified atom stereocenters. The Morgan fingerprint density at radius 3 is 2.60 bits per heavy atom. The van der Waals surface area contributed by atoms with Crippen molar-refractivity contribution >= 4 is 23.2 Å². The first kappa shape index (κ1) is 22.9. The van der Waals surface area contributed by atoms with Crippen LogP contribution in [0.5, 0.6) is 11.5 Å². The number of hydrogen-bond donors (Lipinski definition) is 4. The fourth-order valence-electron chi connectivity index (χ4n) is 4.41. The maximum absolute atomic E-state index is 14.8. The van der Waals surface area contributed by atoms with Crippen LogP contribution in [-0.2, 0) is 0 Å². The van der Waals surface area contributed by atoms with Gasteiger partial charge in [-0.25, -0.2) is 9.37 Å². The molecule has 35 heavy (non-hydrogen) atoms. The zero-order chi connectivity index (χ0) is 24.4. The molecule has 1 aromatic carbocycles. The summed E-state index contributed by atoms with van der Waals surface area (Å²) in [5, 5.41) is 6.19. The molecular weight excluding hydrogens is 451 g/mol. The van der Waals surface area contributed by atoms with Gasteiger partial charge >= 0.3 is 0 Å². The van der Waals surface area contributed by atoms with Gasteiger partial charge in [0.05, 0.1) is 17.4 Å². The van der Waals surface area contributed by atoms with Gasteiger partial charge in [-0.3, -0.25) is 9.78 Å². The van der Waals surface area contributed by atoms with Gasteiger partial charge in [-0.15, -0.1) is 0 Å². The Bertz CT molecular complexity index is 1250. The number of primary amides is 1. The Kier molecular flexibility index (Phi) is 6.37. The van der Waals surface area contributed by atoms with Crippen LogP contribution < -0.4 is 31.6 Å². The molecule has 2 aliphatic rings. The van der Waals surface area contributed by atoms with Gasteiger partial charge in [0.15, 0.2) is 23.1 Å². The summed E-state index contributed by atoms with van der Waals surface area (Å²) in [6.07, 6.45) is 7.04. The number of rotatable bonds is 6. The molecule has 6 N–H and O–H groups in total. The minimum atomic E-state index is -0.796. The number of nitrogens with zero attached hydrogens (tertiary/aromatic N) is 2. The van der Waals surface area contributed by atoms with Crippen molar-refractivity contribution < 1.29 is 18.7 Å². The summed E-state index contributed by atoms with van der Waals surface area (Å²) < 4.78 is 26.1. The van der Waals surface area contributed by atoms with E-state index < -0.39 is 11.7 Å². The Hall–Kier alpha value is -3.92. The van der Waals surface area contributed by atoms with Gasteiger partial charge in [0.25, 0.3) is 5.91 Å². The summed E-state index contributed by atoms with van der Waals surface area (Å²) >= 11 is 0. The maximum Gasteiger partial charge on any atom is 0.252 e. The van der Waals surface area contributed by atoms with E-state index in [0.717, 1.165) is 42.9 Å². The van der Waals surface area contributed by atoms with Crippen LogP contribution in [-0.4, -0.2) is 41.2 Å². The number of pyridine rings is 2. The van der Waals surface area contributed by atoms with Crippen molar-refractivity contribution in [3.63, 3.8) is 0 Å². The predicted molar refractivity (Wildman–Crippen MR) is 131 cm³/mol. The normalized spacial score (nSPS) is 19.1. The molecule has 0 spiro atoms. The first-order valence-corrected chi connectivity index (χ1v) is 11.6. The van der Waals surface area contributed by atoms with Crippen LogP contribution >= 0.6 is 0 Å². The number of ether oxygens (including phenoxy) is 2. The van der Waals surface area contributed by atoms with Crippen LogP contribution in [0.15, 0.2) is 42.7 Å². The molecule has 1 aliphatic carbocycles. The highest BCUT2D eigenvalue weighted by molar-refractivity contribution is 5.98. The summed E-state index contributed by atoms with van der Waals surface area (Å²) in [6, 6.07) is 8.39. The number of fused-ring (bicyclic) bond motifs is 1. The third-order valence-electron chi connectivity index (χ3n) is 6.26. The fourth-order valence-corrected chi connectivity index (χ4v) is 4.41. The molecule has 182 valence electrons. The van der Waals surface area contributed by atoms with Crippen molar-refractivity contribution in [2.24, 2.45) is 11.5 Å². The first-order chi connectivity index (χ1) is 17.0. The molecule has 3 aromatic rings. The van der Waals surface area contributed by atoms with Crippen LogP contribution in [0.1, 0.15) is 36.0 Å². The molecule has 2 aromatic heterocycles. The van der Waals surface area contributed by atoms with Crippen LogP contribution in [0.2, 0.25) is 0 Å². The highest BCUT2D eigenvalue weighted by Gasteiger charge is 2.24. The minimum absolute atomic E-state index is 0.0239. The zero-order valence-electron chi connectivity index (χ0n) is 19.1. The van der Waals surface area contributed by atoms with Gasteiger partial charge in [0.1, 0.15) is 19.0 Å². The van der Waals surface area contributed by atoms with Crippen molar-refractivity contribution in [2.75, 3.05) is 23.8 Å². The molecule has 1 amide bonds. The topological polar surface area (TPSA) is 137 Å². The lowest BCUT2D eigenvalue weighted by atomic mass is 9.91. The molecule has 0 bridgehead atoms. The lowest BCUT2D eigenvalue weighted by molar-refractivity contribution is 0.100. The molecule has 1 saturated carbocycles. The number of benzene rings is 1. The third kappa shape index (κ3) is 4.97. The van der Waals surface area contributed by atoms with Crippen LogP contribution in [0, 0.1) is 5.82 Å². The van der Waals surface area contributed by atoms with E-state index in [1.165, 1.54) is 0 Å². The van der Waals surface area contributed by atoms with E-state index in [4.69, 9.17) is 20.9 Å². The Morgan fingerprint density at radius 1 is 1.00 bits per heavy atom. The average molecular weight is 479 g/mol. The number of carbonyl (C=O) groups excluding carboxylic acids is 1. The van der Waals surface area contributed by atoms with E-state index in [-0.39, 0.29) is 29.3 Å². The average Bonchev–Trinajstić information content (AvgIpc) is 2.87. The molecule has 10 heteroatoms. The molecule has 9 nitrogen and oxygen atoms in total. The molecule has 3 heterocycles. The van der Waals surface area contributed by atoms with Crippen LogP contribution in [0.4, 0.5) is 21.7 Å². The van der Waals surface area contributed by atoms with Gasteiger partial charge in [0, 0.05) is 23.8 Å². The van der Waals surface area contributed by atoms with E-state index in [2.05, 4.69) is 20.6 Å². The second kappa shape index (κ2) is 9.75. The minimum Gasteiger partial charge on any atom is -0.486 e. The highest BCUT2D eigenvalue weighted by atomic mass is 19.1. The van der Waals surface area contributed by atoms with Gasteiger partial charge in [-0.2, -0.15) is 0 Å². The largest absolute Gasteiger partial charge is 0.486 e. The molecular formula is C25H27FN6O3. The van der Waals surface area contributed by atoms with E-state index in [1.807, 2.05) is 24.3 Å². The van der Waals surface area contributed by atoms with Crippen molar-refractivity contribution in [3.8, 4) is 22.6 Å². The van der Waals surface area contributed by atoms with Gasteiger partial charge in [0.2, 0.25) is 0 Å². The van der Waals surface area contributed by atoms with Gasteiger partial charge in [-0.1, -0.05) is 18.9 Å². The number of nitrogens with two attached hydrogens (primary N) is 2. The zero-order valence-corrected chi connectivity index (χ0v) is 19.1. The van der Waals surface area contributed by atoms with Crippen molar-refractivity contribution in [1.29, 1.82) is 0 Å². The third-order valence-corrected chi connectivity index (χ3v) is 6.26. The van der Waals surface area contributed by atoms with E-state index in [1.54, 1.807) is 12.4 Å². The molecule has 2 atom stereocenters. The summed E-state index contributed by atoms with van der Waals surface area (Å²) in [5.41, 5.74) is 13.9. The summed E-state index contributed by atoms with van der Waals surface area (Å²) in [5.74, 6) is 0.0604. The van der Waals surface area contributed by atoms with Crippen LogP contribution in [0.25, 0.3) is 11.1 Å². The number of amides is 1. The maximum atomic E-state index is 14.8. The lowest BCUT2D eigenvalue weighted by Crippen LogP contribution is -2.43. The fraction of sp³-hybridized carbons (Fsp3) is 0.320. The molecule has 5 rings (SSSR count). The Labute approximate surface area is 202 Å². The van der Waals surface area contributed by atoms with Gasteiger partial charge in [-0.05, 0) is 42.7 Å². The highest BCUT2D eigenvalue weighted by Crippen LogP contribution is 2.35. The van der Waals surface area contributed by atoms with Crippen molar-refractivity contribution in [1.82, 2.24) is 9.97 Å². The monoisotopic (exact) mass is 478 g/mol. The Morgan fingerprint density at radius 2 is 1.80 bits per heavy atom. The van der Waals surface area contributed by atoms with Crippen molar-refractivity contribution in [3.05, 3.63) is 54.1 Å². The van der Waals surface area contributed by atoms with Gasteiger partial charge < -0.3 is 31.6 Å². The summed E-state index contributed by atoms with van der Waals surface area (Å²) in [6.45, 7) is 1.01. The van der Waals surface area contributed by atoms with E-state index in [0.29, 0.717) is 30.4 Å². The summed E-state index contributed by atoms with van der Waals surface area (Å²) in [4.78, 5) is 20.7. The number of halogens is 1. The summed E-state index contributed by atoms with van der Waals surface area (Å²) in [7, 11) is 0. The first-order valence-electron chi connectivity index (χ1n) is 11.6. The number of hydrogen-bond acceptors (Lipinski definition) is 8. The smallest absolute Gasteiger partial charge is 0.252 e. The standard InChI is InChI=1S/C25H27FN6O3/c26-18-11-17(23(28)33)24(32-25(18)31-20-4-2-1-3-19(20)27)30-16-9-15(12-29-13-16)14-5-6-21-22(10-14)35-8-7-34-21/h5-6,9-13,19-20H,1-4,7-8,27H2,(H2,28,33)(H2,30,31,32). The molecule has 1 aliphatic heterocycles. The van der Waals surface area contributed by atoms with E-state index in [9.17, 15) is 9.18 Å². The number of carbonyl (C=O) groups is 1. The quantitative estimate of drug-likeness (QED) is 0.422. The second-order valence-electron chi connectivity index (χ2n) is 8.72. The molecule has 0 radical (unpaired) electrons. The van der Waals surface area contributed by atoms with E-state index >= 15 is 0 Å². The van der Waals surface area contributed by atoms with Crippen molar-refractivity contribution in [2.45, 2.75) is 37.8 Å². The molecule has 0 saturated heterocycles. The second-order valence-corrected chi connectivity index (χ2v) is 8.72. The lowest BCUT2D eigenvalue weighted by Gasteiger charge is -2.30. The Balaban J connectivity index is 1.43. The van der Waals surface area contributed by atoms with Crippen LogP contribution in [0.3, 0.4) is 0 Å². The number of aromatic nitrogens is 2. The SMILES string of the molecule is NC(=O)c1cc(F)c(NC2CCCCC2N)nc1Nc1cncc(-c2ccc3c(c2)OCCO3)c1. The number of anilines is 3.